The van der Waals surface area contributed by atoms with Gasteiger partial charge < -0.3 is 5.73 Å². The van der Waals surface area contributed by atoms with E-state index in [1.165, 1.54) is 23.1 Å². The van der Waals surface area contributed by atoms with Gasteiger partial charge in [0.05, 0.1) is 10.2 Å². The van der Waals surface area contributed by atoms with Gasteiger partial charge >= 0.3 is 5.51 Å². The summed E-state index contributed by atoms with van der Waals surface area (Å²) in [5, 5.41) is 0. The number of halogens is 3. The molecule has 1 heterocycles. The van der Waals surface area contributed by atoms with Gasteiger partial charge in [-0.3, -0.25) is 0 Å². The number of nitrogens with two attached hydrogens (primary N) is 1. The van der Waals surface area contributed by atoms with E-state index in [0.29, 0.717) is 11.4 Å². The van der Waals surface area contributed by atoms with Gasteiger partial charge in [-0.1, -0.05) is 23.5 Å². The van der Waals surface area contributed by atoms with Crippen molar-refractivity contribution < 1.29 is 13.2 Å². The van der Waals surface area contributed by atoms with E-state index in [9.17, 15) is 13.2 Å². The Labute approximate surface area is 114 Å². The van der Waals surface area contributed by atoms with E-state index in [1.807, 2.05) is 12.1 Å². The summed E-state index contributed by atoms with van der Waals surface area (Å²) >= 11 is 2.79. The minimum atomic E-state index is -4.15. The standard InChI is InChI=1S/C10H9F3N2S3/c11-10(12,13)17-4-3-16-9-15-7-2-1-6(14)5-8(7)18-9/h1-2,5H,3-4,14H2. The predicted molar refractivity (Wildman–Crippen MR) is 73.3 cm³/mol. The highest BCUT2D eigenvalue weighted by Crippen LogP contribution is 2.34. The van der Waals surface area contributed by atoms with E-state index in [1.54, 1.807) is 6.07 Å². The molecule has 0 aliphatic heterocycles. The van der Waals surface area contributed by atoms with Crippen LogP contribution in [0.2, 0.25) is 0 Å². The van der Waals surface area contributed by atoms with E-state index in [2.05, 4.69) is 4.98 Å². The molecule has 0 aliphatic rings. The Hall–Kier alpha value is -0.600. The Kier molecular flexibility index (Phi) is 4.29. The largest absolute Gasteiger partial charge is 0.441 e. The number of rotatable bonds is 4. The second-order valence-corrected chi connectivity index (χ2v) is 6.88. The van der Waals surface area contributed by atoms with Gasteiger partial charge in [-0.2, -0.15) is 13.2 Å². The molecule has 2 aromatic rings. The zero-order chi connectivity index (χ0) is 13.2. The fraction of sp³-hybridized carbons (Fsp3) is 0.300. The number of benzene rings is 1. The molecule has 1 aromatic heterocycles. The van der Waals surface area contributed by atoms with E-state index in [0.717, 1.165) is 14.6 Å². The third-order valence-corrected chi connectivity index (χ3v) is 5.12. The predicted octanol–water partition coefficient (Wildman–Crippen LogP) is 4.22. The van der Waals surface area contributed by atoms with Crippen LogP contribution in [0.25, 0.3) is 10.2 Å². The Balaban J connectivity index is 1.92. The second kappa shape index (κ2) is 5.58. The number of hydrogen-bond acceptors (Lipinski definition) is 5. The fourth-order valence-electron chi connectivity index (χ4n) is 1.27. The van der Waals surface area contributed by atoms with Crippen molar-refractivity contribution in [1.29, 1.82) is 0 Å². The maximum absolute atomic E-state index is 11.9. The first-order chi connectivity index (χ1) is 8.44. The third kappa shape index (κ3) is 3.96. The van der Waals surface area contributed by atoms with Gasteiger partial charge in [0, 0.05) is 17.2 Å². The average molecular weight is 310 g/mol. The first kappa shape index (κ1) is 13.8. The lowest BCUT2D eigenvalue weighted by Crippen LogP contribution is -2.02. The summed E-state index contributed by atoms with van der Waals surface area (Å²) in [6.45, 7) is 0. The SMILES string of the molecule is Nc1ccc2nc(SCCSC(F)(F)F)sc2c1. The van der Waals surface area contributed by atoms with Crippen LogP contribution in [0.1, 0.15) is 0 Å². The maximum Gasteiger partial charge on any atom is 0.441 e. The summed E-state index contributed by atoms with van der Waals surface area (Å²) in [7, 11) is 0. The first-order valence-corrected chi connectivity index (χ1v) is 7.72. The molecule has 0 fully saturated rings. The molecule has 0 radical (unpaired) electrons. The topological polar surface area (TPSA) is 38.9 Å². The van der Waals surface area contributed by atoms with Crippen LogP contribution in [0.3, 0.4) is 0 Å². The third-order valence-electron chi connectivity index (χ3n) is 1.97. The smallest absolute Gasteiger partial charge is 0.399 e. The van der Waals surface area contributed by atoms with Crippen molar-refractivity contribution in [3.8, 4) is 0 Å². The molecular weight excluding hydrogens is 301 g/mol. The molecule has 0 aliphatic carbocycles. The lowest BCUT2D eigenvalue weighted by molar-refractivity contribution is -0.0326. The molecule has 2 N–H and O–H groups in total. The lowest BCUT2D eigenvalue weighted by Gasteiger charge is -2.03. The van der Waals surface area contributed by atoms with Gasteiger partial charge in [-0.15, -0.1) is 11.3 Å². The van der Waals surface area contributed by atoms with Crippen molar-refractivity contribution in [1.82, 2.24) is 4.98 Å². The van der Waals surface area contributed by atoms with Crippen molar-refractivity contribution in [3.63, 3.8) is 0 Å². The Morgan fingerprint density at radius 1 is 1.28 bits per heavy atom. The molecule has 98 valence electrons. The average Bonchev–Trinajstić information content (AvgIpc) is 2.65. The summed E-state index contributed by atoms with van der Waals surface area (Å²) in [5.41, 5.74) is 2.99. The highest BCUT2D eigenvalue weighted by Gasteiger charge is 2.27. The molecule has 8 heteroatoms. The molecule has 0 atom stereocenters. The number of thioether (sulfide) groups is 2. The van der Waals surface area contributed by atoms with Crippen LogP contribution in [0.4, 0.5) is 18.9 Å². The van der Waals surface area contributed by atoms with E-state index >= 15 is 0 Å². The van der Waals surface area contributed by atoms with Gasteiger partial charge in [0.2, 0.25) is 0 Å². The molecule has 0 unspecified atom stereocenters. The van der Waals surface area contributed by atoms with Crippen molar-refractivity contribution in [2.45, 2.75) is 9.85 Å². The zero-order valence-electron chi connectivity index (χ0n) is 9.03. The van der Waals surface area contributed by atoms with Crippen molar-refractivity contribution in [2.24, 2.45) is 0 Å². The second-order valence-electron chi connectivity index (χ2n) is 3.35. The van der Waals surface area contributed by atoms with Crippen LogP contribution in [0, 0.1) is 0 Å². The molecule has 18 heavy (non-hydrogen) atoms. The summed E-state index contributed by atoms with van der Waals surface area (Å²) in [5.74, 6) is 0.422. The van der Waals surface area contributed by atoms with Crippen LogP contribution < -0.4 is 5.73 Å². The Morgan fingerprint density at radius 2 is 2.06 bits per heavy atom. The van der Waals surface area contributed by atoms with Gasteiger partial charge in [0.15, 0.2) is 4.34 Å². The molecule has 2 nitrogen and oxygen atoms in total. The number of anilines is 1. The summed E-state index contributed by atoms with van der Waals surface area (Å²) in [4.78, 5) is 4.32. The number of hydrogen-bond donors (Lipinski definition) is 1. The van der Waals surface area contributed by atoms with Crippen molar-refractivity contribution >= 4 is 50.8 Å². The number of fused-ring (bicyclic) bond motifs is 1. The van der Waals surface area contributed by atoms with Crippen LogP contribution in [0.5, 0.6) is 0 Å². The normalized spacial score (nSPS) is 12.2. The summed E-state index contributed by atoms with van der Waals surface area (Å²) in [6, 6.07) is 5.40. The lowest BCUT2D eigenvalue weighted by atomic mass is 10.3. The zero-order valence-corrected chi connectivity index (χ0v) is 11.5. The molecule has 0 saturated carbocycles. The number of thiazole rings is 1. The molecule has 0 amide bonds. The van der Waals surface area contributed by atoms with E-state index in [-0.39, 0.29) is 17.5 Å². The number of nitrogens with zero attached hydrogens (tertiary/aromatic N) is 1. The summed E-state index contributed by atoms with van der Waals surface area (Å²) in [6.07, 6.45) is 0. The highest BCUT2D eigenvalue weighted by molar-refractivity contribution is 8.04. The number of aromatic nitrogens is 1. The minimum absolute atomic E-state index is 0.00183. The van der Waals surface area contributed by atoms with Gasteiger partial charge in [0.1, 0.15) is 0 Å². The summed E-state index contributed by atoms with van der Waals surface area (Å²) < 4.78 is 37.5. The van der Waals surface area contributed by atoms with Crippen LogP contribution in [0.15, 0.2) is 22.5 Å². The van der Waals surface area contributed by atoms with E-state index in [4.69, 9.17) is 5.73 Å². The molecular formula is C10H9F3N2S3. The fourth-order valence-corrected chi connectivity index (χ4v) is 4.00. The van der Waals surface area contributed by atoms with Gasteiger partial charge in [-0.25, -0.2) is 4.98 Å². The van der Waals surface area contributed by atoms with Crippen molar-refractivity contribution in [2.75, 3.05) is 17.2 Å². The molecule has 0 spiro atoms. The molecule has 0 saturated heterocycles. The number of nitrogen functional groups attached to an aromatic ring is 1. The van der Waals surface area contributed by atoms with Gasteiger partial charge in [0.25, 0.3) is 0 Å². The quantitative estimate of drug-likeness (QED) is 0.521. The van der Waals surface area contributed by atoms with Gasteiger partial charge in [-0.05, 0) is 18.2 Å². The number of alkyl halides is 3. The highest BCUT2D eigenvalue weighted by atomic mass is 32.2. The van der Waals surface area contributed by atoms with E-state index < -0.39 is 5.51 Å². The maximum atomic E-state index is 11.9. The monoisotopic (exact) mass is 310 g/mol. The van der Waals surface area contributed by atoms with Crippen LogP contribution in [-0.2, 0) is 0 Å². The Bertz CT molecular complexity index is 539. The minimum Gasteiger partial charge on any atom is -0.399 e. The molecule has 2 rings (SSSR count). The first-order valence-electron chi connectivity index (χ1n) is 4.93. The Morgan fingerprint density at radius 3 is 2.78 bits per heavy atom. The van der Waals surface area contributed by atoms with Crippen LogP contribution in [-0.4, -0.2) is 22.0 Å². The van der Waals surface area contributed by atoms with Crippen LogP contribution >= 0.6 is 34.9 Å². The molecule has 0 bridgehead atoms. The molecule has 1 aromatic carbocycles. The van der Waals surface area contributed by atoms with Crippen molar-refractivity contribution in [3.05, 3.63) is 18.2 Å².